The summed E-state index contributed by atoms with van der Waals surface area (Å²) >= 11 is 1.55. The molecule has 1 aliphatic rings. The molecule has 0 spiro atoms. The lowest BCUT2D eigenvalue weighted by Gasteiger charge is -2.12. The minimum absolute atomic E-state index is 0.0231. The lowest BCUT2D eigenvalue weighted by molar-refractivity contribution is -0.138. The van der Waals surface area contributed by atoms with Crippen molar-refractivity contribution in [2.24, 2.45) is 5.41 Å². The van der Waals surface area contributed by atoms with Gasteiger partial charge in [0.25, 0.3) is 0 Å². The molecule has 18 heavy (non-hydrogen) atoms. The number of thiophene rings is 1. The Labute approximate surface area is 111 Å². The fourth-order valence-electron chi connectivity index (χ4n) is 2.12. The molecular weight excluding hydrogens is 272 g/mol. The van der Waals surface area contributed by atoms with Crippen molar-refractivity contribution in [2.75, 3.05) is 11.5 Å². The van der Waals surface area contributed by atoms with E-state index < -0.39 is 21.2 Å². The Balaban J connectivity index is 1.89. The van der Waals surface area contributed by atoms with Gasteiger partial charge in [-0.1, -0.05) is 0 Å². The van der Waals surface area contributed by atoms with Gasteiger partial charge < -0.3 is 5.11 Å². The second-order valence-corrected chi connectivity index (χ2v) is 8.01. The Hall–Kier alpha value is -0.880. The number of rotatable bonds is 7. The highest BCUT2D eigenvalue weighted by Gasteiger charge is 2.47. The second kappa shape index (κ2) is 5.01. The summed E-state index contributed by atoms with van der Waals surface area (Å²) in [6.07, 6.45) is 1.94. The molecule has 0 saturated heterocycles. The molecule has 0 radical (unpaired) electrons. The van der Waals surface area contributed by atoms with Crippen molar-refractivity contribution in [2.45, 2.75) is 25.7 Å². The lowest BCUT2D eigenvalue weighted by Crippen LogP contribution is -2.23. The van der Waals surface area contributed by atoms with Gasteiger partial charge in [0.15, 0.2) is 9.84 Å². The molecule has 6 heteroatoms. The largest absolute Gasteiger partial charge is 0.481 e. The third-order valence-electron chi connectivity index (χ3n) is 3.29. The first-order valence-electron chi connectivity index (χ1n) is 5.84. The van der Waals surface area contributed by atoms with Crippen molar-refractivity contribution in [1.29, 1.82) is 0 Å². The highest BCUT2D eigenvalue weighted by molar-refractivity contribution is 7.91. The van der Waals surface area contributed by atoms with Gasteiger partial charge in [0.05, 0.1) is 17.9 Å². The van der Waals surface area contributed by atoms with Crippen molar-refractivity contribution in [3.63, 3.8) is 0 Å². The Morgan fingerprint density at radius 3 is 2.67 bits per heavy atom. The number of aryl methyl sites for hydroxylation is 1. The minimum atomic E-state index is -3.16. The lowest BCUT2D eigenvalue weighted by atomic mass is 10.1. The molecule has 1 aromatic rings. The molecule has 100 valence electrons. The van der Waals surface area contributed by atoms with Gasteiger partial charge in [-0.05, 0) is 47.1 Å². The standard InChI is InChI=1S/C12H16O4S2/c13-11(14)7-12(3-4-12)9-18(15,16)6-2-10-1-5-17-8-10/h1,5,8H,2-4,6-7,9H2,(H,13,14). The first-order chi connectivity index (χ1) is 8.41. The fourth-order valence-corrected chi connectivity index (χ4v) is 4.83. The van der Waals surface area contributed by atoms with Gasteiger partial charge in [-0.25, -0.2) is 8.42 Å². The normalized spacial score (nSPS) is 17.6. The van der Waals surface area contributed by atoms with Crippen molar-refractivity contribution < 1.29 is 18.3 Å². The van der Waals surface area contributed by atoms with Crippen LogP contribution in [0, 0.1) is 5.41 Å². The first-order valence-corrected chi connectivity index (χ1v) is 8.61. The van der Waals surface area contributed by atoms with Crippen LogP contribution in [0.3, 0.4) is 0 Å². The molecule has 1 aliphatic carbocycles. The summed E-state index contributed by atoms with van der Waals surface area (Å²) in [5.74, 6) is -0.762. The van der Waals surface area contributed by atoms with E-state index in [1.165, 1.54) is 0 Å². The molecule has 1 fully saturated rings. The van der Waals surface area contributed by atoms with Crippen molar-refractivity contribution in [3.8, 4) is 0 Å². The Morgan fingerprint density at radius 1 is 1.44 bits per heavy atom. The quantitative estimate of drug-likeness (QED) is 0.832. The average Bonchev–Trinajstić information content (AvgIpc) is 2.81. The molecule has 0 aromatic carbocycles. The number of carboxylic acid groups (broad SMARTS) is 1. The van der Waals surface area contributed by atoms with E-state index in [2.05, 4.69) is 0 Å². The maximum Gasteiger partial charge on any atom is 0.303 e. The first kappa shape index (κ1) is 13.5. The van der Waals surface area contributed by atoms with Gasteiger partial charge in [0.1, 0.15) is 0 Å². The number of carbonyl (C=O) groups is 1. The molecular formula is C12H16O4S2. The van der Waals surface area contributed by atoms with E-state index in [9.17, 15) is 13.2 Å². The van der Waals surface area contributed by atoms with Crippen molar-refractivity contribution >= 4 is 27.1 Å². The number of hydrogen-bond acceptors (Lipinski definition) is 4. The van der Waals surface area contributed by atoms with Crippen LogP contribution < -0.4 is 0 Å². The molecule has 1 saturated carbocycles. The molecule has 1 aromatic heterocycles. The van der Waals surface area contributed by atoms with E-state index in [1.807, 2.05) is 16.8 Å². The summed E-state index contributed by atoms with van der Waals surface area (Å²) in [6, 6.07) is 1.92. The molecule has 0 bridgehead atoms. The Bertz CT molecular complexity index is 512. The smallest absolute Gasteiger partial charge is 0.303 e. The summed E-state index contributed by atoms with van der Waals surface area (Å²) < 4.78 is 23.9. The zero-order valence-electron chi connectivity index (χ0n) is 9.96. The predicted molar refractivity (Wildman–Crippen MR) is 70.6 cm³/mol. The summed E-state index contributed by atoms with van der Waals surface area (Å²) in [5, 5.41) is 12.6. The molecule has 0 unspecified atom stereocenters. The number of hydrogen-bond donors (Lipinski definition) is 1. The van der Waals surface area contributed by atoms with Gasteiger partial charge in [0, 0.05) is 0 Å². The van der Waals surface area contributed by atoms with Gasteiger partial charge in [-0.2, -0.15) is 11.3 Å². The summed E-state index contributed by atoms with van der Waals surface area (Å²) in [5.41, 5.74) is 0.561. The third-order valence-corrected chi connectivity index (χ3v) is 5.90. The average molecular weight is 288 g/mol. The number of sulfone groups is 1. The van der Waals surface area contributed by atoms with Crippen LogP contribution in [-0.2, 0) is 21.1 Å². The zero-order valence-corrected chi connectivity index (χ0v) is 11.6. The van der Waals surface area contributed by atoms with Crippen molar-refractivity contribution in [3.05, 3.63) is 22.4 Å². The van der Waals surface area contributed by atoms with E-state index in [0.29, 0.717) is 6.42 Å². The predicted octanol–water partition coefficient (Wildman–Crippen LogP) is 1.96. The van der Waals surface area contributed by atoms with Crippen LogP contribution >= 0.6 is 11.3 Å². The van der Waals surface area contributed by atoms with Gasteiger partial charge in [-0.15, -0.1) is 0 Å². The van der Waals surface area contributed by atoms with E-state index in [1.54, 1.807) is 11.3 Å². The topological polar surface area (TPSA) is 71.4 Å². The molecule has 1 heterocycles. The highest BCUT2D eigenvalue weighted by Crippen LogP contribution is 2.49. The van der Waals surface area contributed by atoms with Gasteiger partial charge >= 0.3 is 5.97 Å². The summed E-state index contributed by atoms with van der Waals surface area (Å²) in [6.45, 7) is 0. The summed E-state index contributed by atoms with van der Waals surface area (Å²) in [4.78, 5) is 10.7. The van der Waals surface area contributed by atoms with Crippen LogP contribution in [0.5, 0.6) is 0 Å². The maximum absolute atomic E-state index is 12.0. The van der Waals surface area contributed by atoms with Crippen LogP contribution in [0.2, 0.25) is 0 Å². The zero-order chi connectivity index (χ0) is 13.2. The second-order valence-electron chi connectivity index (χ2n) is 5.04. The fraction of sp³-hybridized carbons (Fsp3) is 0.583. The molecule has 4 nitrogen and oxygen atoms in total. The van der Waals surface area contributed by atoms with E-state index in [0.717, 1.165) is 18.4 Å². The Kier molecular flexibility index (Phi) is 3.77. The molecule has 0 amide bonds. The third kappa shape index (κ3) is 3.81. The number of carboxylic acids is 1. The van der Waals surface area contributed by atoms with Crippen LogP contribution in [-0.4, -0.2) is 31.0 Å². The van der Waals surface area contributed by atoms with E-state index in [-0.39, 0.29) is 17.9 Å². The monoisotopic (exact) mass is 288 g/mol. The van der Waals surface area contributed by atoms with Crippen LogP contribution in [0.25, 0.3) is 0 Å². The van der Waals surface area contributed by atoms with Gasteiger partial charge in [0.2, 0.25) is 0 Å². The maximum atomic E-state index is 12.0. The van der Waals surface area contributed by atoms with E-state index >= 15 is 0 Å². The molecule has 0 aliphatic heterocycles. The number of aliphatic carboxylic acids is 1. The highest BCUT2D eigenvalue weighted by atomic mass is 32.2. The van der Waals surface area contributed by atoms with Crippen LogP contribution in [0.15, 0.2) is 16.8 Å². The van der Waals surface area contributed by atoms with E-state index in [4.69, 9.17) is 5.11 Å². The van der Waals surface area contributed by atoms with Crippen LogP contribution in [0.1, 0.15) is 24.8 Å². The molecule has 2 rings (SSSR count). The summed E-state index contributed by atoms with van der Waals surface area (Å²) in [7, 11) is -3.16. The SMILES string of the molecule is O=C(O)CC1(CS(=O)(=O)CCc2ccsc2)CC1. The van der Waals surface area contributed by atoms with Gasteiger partial charge in [-0.3, -0.25) is 4.79 Å². The molecule has 1 N–H and O–H groups in total. The Morgan fingerprint density at radius 2 is 2.17 bits per heavy atom. The molecule has 0 atom stereocenters. The minimum Gasteiger partial charge on any atom is -0.481 e. The van der Waals surface area contributed by atoms with Crippen LogP contribution in [0.4, 0.5) is 0 Å². The van der Waals surface area contributed by atoms with Crippen molar-refractivity contribution in [1.82, 2.24) is 0 Å².